The average molecular weight is 440 g/mol. The van der Waals surface area contributed by atoms with Crippen molar-refractivity contribution < 1.29 is 9.59 Å². The summed E-state index contributed by atoms with van der Waals surface area (Å²) in [6.07, 6.45) is 0. The summed E-state index contributed by atoms with van der Waals surface area (Å²) in [5.74, 6) is 0.280. The highest BCUT2D eigenvalue weighted by atomic mass is 16.2. The number of fused-ring (bicyclic) bond motifs is 1. The molecule has 1 aromatic heterocycles. The molecule has 0 aliphatic carbocycles. The van der Waals surface area contributed by atoms with Gasteiger partial charge in [-0.05, 0) is 10.8 Å². The van der Waals surface area contributed by atoms with Gasteiger partial charge in [-0.2, -0.15) is 0 Å². The number of benzene rings is 1. The zero-order valence-corrected chi connectivity index (χ0v) is 20.5. The molecule has 2 heterocycles. The third kappa shape index (κ3) is 5.38. The van der Waals surface area contributed by atoms with Crippen molar-refractivity contribution >= 4 is 11.8 Å². The normalized spacial score (nSPS) is 15.7. The fourth-order valence-corrected chi connectivity index (χ4v) is 4.23. The summed E-state index contributed by atoms with van der Waals surface area (Å²) in [5.41, 5.74) is 2.01. The van der Waals surface area contributed by atoms with E-state index in [1.165, 1.54) is 0 Å². The van der Waals surface area contributed by atoms with Crippen LogP contribution in [0, 0.1) is 10.8 Å². The highest BCUT2D eigenvalue weighted by Crippen LogP contribution is 2.29. The number of nitrogens with one attached hydrogen (secondary N) is 2. The van der Waals surface area contributed by atoms with Gasteiger partial charge in [-0.1, -0.05) is 71.9 Å². The van der Waals surface area contributed by atoms with Gasteiger partial charge in [-0.15, -0.1) is 0 Å². The van der Waals surface area contributed by atoms with Crippen molar-refractivity contribution in [1.82, 2.24) is 25.1 Å². The van der Waals surface area contributed by atoms with E-state index in [1.54, 1.807) is 7.05 Å². The van der Waals surface area contributed by atoms with Gasteiger partial charge in [-0.3, -0.25) is 14.5 Å². The summed E-state index contributed by atoms with van der Waals surface area (Å²) in [6.45, 7) is 15.8. The fraction of sp³-hybridized carbons (Fsp3) is 0.560. The monoisotopic (exact) mass is 439 g/mol. The van der Waals surface area contributed by atoms with Crippen molar-refractivity contribution in [2.45, 2.75) is 60.7 Å². The molecule has 0 bridgehead atoms. The van der Waals surface area contributed by atoms with Crippen LogP contribution in [0.25, 0.3) is 11.4 Å². The van der Waals surface area contributed by atoms with Crippen LogP contribution in [-0.4, -0.2) is 52.4 Å². The van der Waals surface area contributed by atoms with Gasteiger partial charge in [0.1, 0.15) is 11.9 Å². The first-order chi connectivity index (χ1) is 14.9. The number of aromatic nitrogens is 2. The molecule has 2 N–H and O–H groups in total. The molecule has 3 rings (SSSR count). The van der Waals surface area contributed by atoms with Crippen molar-refractivity contribution in [3.8, 4) is 11.4 Å². The van der Waals surface area contributed by atoms with Crippen LogP contribution < -0.4 is 10.6 Å². The maximum absolute atomic E-state index is 13.4. The maximum Gasteiger partial charge on any atom is 0.272 e. The van der Waals surface area contributed by atoms with E-state index in [9.17, 15) is 9.59 Å². The second kappa shape index (κ2) is 9.06. The van der Waals surface area contributed by atoms with Crippen LogP contribution in [0.3, 0.4) is 0 Å². The Balaban J connectivity index is 2.00. The predicted octanol–water partition coefficient (Wildman–Crippen LogP) is 3.30. The van der Waals surface area contributed by atoms with Crippen LogP contribution in [0.15, 0.2) is 30.3 Å². The number of rotatable bonds is 5. The first-order valence-corrected chi connectivity index (χ1v) is 11.3. The topological polar surface area (TPSA) is 79.3 Å². The van der Waals surface area contributed by atoms with Gasteiger partial charge in [0.2, 0.25) is 5.91 Å². The molecule has 0 saturated carbocycles. The van der Waals surface area contributed by atoms with Gasteiger partial charge in [-0.25, -0.2) is 4.98 Å². The Morgan fingerprint density at radius 2 is 1.72 bits per heavy atom. The van der Waals surface area contributed by atoms with E-state index in [1.807, 2.05) is 51.1 Å². The maximum atomic E-state index is 13.4. The van der Waals surface area contributed by atoms with Gasteiger partial charge in [0.25, 0.3) is 5.91 Å². The van der Waals surface area contributed by atoms with Crippen LogP contribution in [-0.2, 0) is 17.9 Å². The third-order valence-corrected chi connectivity index (χ3v) is 5.68. The Kier molecular flexibility index (Phi) is 6.79. The first kappa shape index (κ1) is 24.0. The number of imidazole rings is 1. The Morgan fingerprint density at radius 3 is 2.28 bits per heavy atom. The molecule has 7 heteroatoms. The number of carbonyl (C=O) groups excluding carboxylic acids is 2. The molecule has 0 spiro atoms. The van der Waals surface area contributed by atoms with Gasteiger partial charge in [0, 0.05) is 38.8 Å². The minimum Gasteiger partial charge on any atom is -0.357 e. The molecular weight excluding hydrogens is 402 g/mol. The summed E-state index contributed by atoms with van der Waals surface area (Å²) in [5, 5.41) is 5.62. The number of hydrogen-bond donors (Lipinski definition) is 2. The molecule has 7 nitrogen and oxygen atoms in total. The van der Waals surface area contributed by atoms with Gasteiger partial charge >= 0.3 is 0 Å². The van der Waals surface area contributed by atoms with E-state index in [0.717, 1.165) is 36.7 Å². The summed E-state index contributed by atoms with van der Waals surface area (Å²) in [7, 11) is 1.59. The van der Waals surface area contributed by atoms with E-state index in [0.29, 0.717) is 12.2 Å². The van der Waals surface area contributed by atoms with Crippen molar-refractivity contribution in [2.75, 3.05) is 20.1 Å². The highest BCUT2D eigenvalue weighted by molar-refractivity contribution is 5.97. The van der Waals surface area contributed by atoms with E-state index < -0.39 is 11.5 Å². The molecule has 1 aliphatic heterocycles. The molecule has 174 valence electrons. The quantitative estimate of drug-likeness (QED) is 0.749. The largest absolute Gasteiger partial charge is 0.357 e. The fourth-order valence-electron chi connectivity index (χ4n) is 4.23. The second-order valence-corrected chi connectivity index (χ2v) is 10.9. The summed E-state index contributed by atoms with van der Waals surface area (Å²) in [4.78, 5) is 33.1. The lowest BCUT2D eigenvalue weighted by Crippen LogP contribution is -2.53. The Hall–Kier alpha value is -2.67. The number of likely N-dealkylation sites (N-methyl/N-ethyl adjacent to an activating group) is 1. The Labute approximate surface area is 191 Å². The summed E-state index contributed by atoms with van der Waals surface area (Å²) >= 11 is 0. The van der Waals surface area contributed by atoms with Crippen molar-refractivity contribution in [3.05, 3.63) is 41.7 Å². The third-order valence-electron chi connectivity index (χ3n) is 5.68. The molecule has 0 radical (unpaired) electrons. The molecule has 0 saturated heterocycles. The molecule has 1 atom stereocenters. The highest BCUT2D eigenvalue weighted by Gasteiger charge is 2.35. The van der Waals surface area contributed by atoms with Crippen molar-refractivity contribution in [1.29, 1.82) is 0 Å². The van der Waals surface area contributed by atoms with Crippen molar-refractivity contribution in [2.24, 2.45) is 10.8 Å². The van der Waals surface area contributed by atoms with E-state index in [4.69, 9.17) is 4.98 Å². The number of hydrogen-bond acceptors (Lipinski definition) is 4. The molecule has 2 amide bonds. The number of nitrogens with zero attached hydrogens (tertiary/aromatic N) is 3. The second-order valence-electron chi connectivity index (χ2n) is 10.9. The minimum atomic E-state index is -0.660. The lowest BCUT2D eigenvalue weighted by Gasteiger charge is -2.34. The zero-order chi connectivity index (χ0) is 23.7. The number of amides is 2. The summed E-state index contributed by atoms with van der Waals surface area (Å²) in [6, 6.07) is 9.30. The van der Waals surface area contributed by atoms with Gasteiger partial charge in [0.15, 0.2) is 5.69 Å². The van der Waals surface area contributed by atoms with Crippen LogP contribution >= 0.6 is 0 Å². The van der Waals surface area contributed by atoms with Crippen LogP contribution in [0.1, 0.15) is 57.7 Å². The molecule has 1 aliphatic rings. The van der Waals surface area contributed by atoms with Crippen LogP contribution in [0.4, 0.5) is 0 Å². The molecule has 2 aromatic rings. The summed E-state index contributed by atoms with van der Waals surface area (Å²) < 4.78 is 2.16. The van der Waals surface area contributed by atoms with Crippen LogP contribution in [0.2, 0.25) is 0 Å². The number of carbonyl (C=O) groups is 2. The Morgan fingerprint density at radius 1 is 1.06 bits per heavy atom. The molecule has 1 aromatic carbocycles. The predicted molar refractivity (Wildman–Crippen MR) is 127 cm³/mol. The lowest BCUT2D eigenvalue weighted by atomic mass is 9.86. The Bertz CT molecular complexity index is 967. The molecular formula is C25H37N5O2. The van der Waals surface area contributed by atoms with E-state index >= 15 is 0 Å². The van der Waals surface area contributed by atoms with Gasteiger partial charge < -0.3 is 15.2 Å². The molecule has 32 heavy (non-hydrogen) atoms. The standard InChI is InChI=1S/C25H37N5O2/c1-24(2,3)16-29-13-14-30-18(15-29)19(27-21(30)17-11-9-8-10-12-17)22(31)28-20(23(32)26-7)25(4,5)6/h8-12,20H,13-16H2,1-7H3,(H,26,32)(H,28,31). The van der Waals surface area contributed by atoms with Crippen LogP contribution in [0.5, 0.6) is 0 Å². The van der Waals surface area contributed by atoms with Crippen molar-refractivity contribution in [3.63, 3.8) is 0 Å². The SMILES string of the molecule is CNC(=O)C(NC(=O)c1nc(-c2ccccc2)n2c1CN(CC(C)(C)C)CC2)C(C)(C)C. The van der Waals surface area contributed by atoms with Gasteiger partial charge in [0.05, 0.1) is 5.69 Å². The van der Waals surface area contributed by atoms with E-state index in [2.05, 4.69) is 40.9 Å². The van der Waals surface area contributed by atoms with E-state index in [-0.39, 0.29) is 17.2 Å². The molecule has 1 unspecified atom stereocenters. The average Bonchev–Trinajstić information content (AvgIpc) is 3.09. The lowest BCUT2D eigenvalue weighted by molar-refractivity contribution is -0.124. The first-order valence-electron chi connectivity index (χ1n) is 11.3. The zero-order valence-electron chi connectivity index (χ0n) is 20.5. The smallest absolute Gasteiger partial charge is 0.272 e. The molecule has 0 fully saturated rings. The minimum absolute atomic E-state index is 0.156.